The molecule has 1 aromatic heterocycles. The summed E-state index contributed by atoms with van der Waals surface area (Å²) in [5, 5.41) is 4.28. The van der Waals surface area contributed by atoms with Crippen LogP contribution in [0.1, 0.15) is 57.6 Å². The number of unbranched alkanes of at least 4 members (excludes halogenated alkanes) is 3. The Kier molecular flexibility index (Phi) is 7.22. The fourth-order valence-corrected chi connectivity index (χ4v) is 2.31. The molecule has 96 valence electrons. The van der Waals surface area contributed by atoms with Crippen LogP contribution in [-0.2, 0) is 0 Å². The van der Waals surface area contributed by atoms with Crippen molar-refractivity contribution in [1.29, 1.82) is 0 Å². The number of aromatic nitrogens is 1. The largest absolute Gasteiger partial charge is 0.310 e. The summed E-state index contributed by atoms with van der Waals surface area (Å²) >= 11 is 6.19. The van der Waals surface area contributed by atoms with Gasteiger partial charge in [0, 0.05) is 18.4 Å². The Bertz CT molecular complexity index is 315. The zero-order valence-electron chi connectivity index (χ0n) is 10.9. The van der Waals surface area contributed by atoms with E-state index in [0.29, 0.717) is 6.04 Å². The van der Waals surface area contributed by atoms with Gasteiger partial charge in [-0.05, 0) is 24.6 Å². The second kappa shape index (κ2) is 8.48. The molecule has 0 aromatic carbocycles. The maximum atomic E-state index is 6.19. The van der Waals surface area contributed by atoms with E-state index in [1.807, 2.05) is 12.3 Å². The minimum absolute atomic E-state index is 0.368. The Balaban J connectivity index is 2.56. The summed E-state index contributed by atoms with van der Waals surface area (Å²) in [4.78, 5) is 4.04. The van der Waals surface area contributed by atoms with Crippen LogP contribution >= 0.6 is 11.6 Å². The first-order chi connectivity index (χ1) is 8.29. The van der Waals surface area contributed by atoms with E-state index < -0.39 is 0 Å². The Labute approximate surface area is 110 Å². The van der Waals surface area contributed by atoms with Gasteiger partial charge < -0.3 is 5.32 Å². The number of halogens is 1. The van der Waals surface area contributed by atoms with Crippen LogP contribution in [0.2, 0.25) is 5.02 Å². The van der Waals surface area contributed by atoms with Crippen molar-refractivity contribution in [2.75, 3.05) is 6.54 Å². The molecule has 0 aliphatic rings. The number of pyridine rings is 1. The SMILES string of the molecule is CCCCCCC(NCC)c1ccncc1Cl. The summed E-state index contributed by atoms with van der Waals surface area (Å²) in [7, 11) is 0. The Morgan fingerprint density at radius 1 is 1.29 bits per heavy atom. The molecular formula is C14H23ClN2. The highest BCUT2D eigenvalue weighted by Crippen LogP contribution is 2.25. The molecule has 0 amide bonds. The highest BCUT2D eigenvalue weighted by molar-refractivity contribution is 6.31. The van der Waals surface area contributed by atoms with Gasteiger partial charge in [-0.2, -0.15) is 0 Å². The summed E-state index contributed by atoms with van der Waals surface area (Å²) in [6, 6.07) is 2.39. The second-order valence-corrected chi connectivity index (χ2v) is 4.76. The zero-order chi connectivity index (χ0) is 12.5. The summed E-state index contributed by atoms with van der Waals surface area (Å²) in [5.74, 6) is 0. The second-order valence-electron chi connectivity index (χ2n) is 4.36. The van der Waals surface area contributed by atoms with Gasteiger partial charge in [0.2, 0.25) is 0 Å². The van der Waals surface area contributed by atoms with Gasteiger partial charge in [0.1, 0.15) is 0 Å². The van der Waals surface area contributed by atoms with Gasteiger partial charge >= 0.3 is 0 Å². The van der Waals surface area contributed by atoms with Crippen LogP contribution in [0, 0.1) is 0 Å². The Morgan fingerprint density at radius 3 is 2.76 bits per heavy atom. The molecule has 0 aliphatic carbocycles. The van der Waals surface area contributed by atoms with Gasteiger partial charge in [0.05, 0.1) is 5.02 Å². The fourth-order valence-electron chi connectivity index (χ4n) is 2.06. The molecule has 1 N–H and O–H groups in total. The average Bonchev–Trinajstić information content (AvgIpc) is 2.34. The first-order valence-corrected chi connectivity index (χ1v) is 7.00. The molecule has 0 fully saturated rings. The Morgan fingerprint density at radius 2 is 2.12 bits per heavy atom. The molecule has 0 spiro atoms. The number of nitrogens with one attached hydrogen (secondary N) is 1. The number of nitrogens with zero attached hydrogens (tertiary/aromatic N) is 1. The zero-order valence-corrected chi connectivity index (χ0v) is 11.6. The third-order valence-corrected chi connectivity index (χ3v) is 3.29. The van der Waals surface area contributed by atoms with Crippen LogP contribution in [0.15, 0.2) is 18.5 Å². The van der Waals surface area contributed by atoms with E-state index in [9.17, 15) is 0 Å². The lowest BCUT2D eigenvalue weighted by molar-refractivity contribution is 0.481. The smallest absolute Gasteiger partial charge is 0.0637 e. The molecular weight excluding hydrogens is 232 g/mol. The summed E-state index contributed by atoms with van der Waals surface area (Å²) in [5.41, 5.74) is 1.18. The Hall–Kier alpha value is -0.600. The van der Waals surface area contributed by atoms with Gasteiger partial charge in [-0.1, -0.05) is 51.1 Å². The highest BCUT2D eigenvalue weighted by atomic mass is 35.5. The molecule has 0 aliphatic heterocycles. The number of rotatable bonds is 8. The van der Waals surface area contributed by atoms with E-state index in [1.165, 1.54) is 31.2 Å². The predicted molar refractivity (Wildman–Crippen MR) is 74.4 cm³/mol. The van der Waals surface area contributed by atoms with Crippen molar-refractivity contribution in [3.8, 4) is 0 Å². The standard InChI is InChI=1S/C14H23ClN2/c1-3-5-6-7-8-14(17-4-2)12-9-10-16-11-13(12)15/h9-11,14,17H,3-8H2,1-2H3. The van der Waals surface area contributed by atoms with E-state index in [0.717, 1.165) is 18.0 Å². The van der Waals surface area contributed by atoms with E-state index in [1.54, 1.807) is 6.20 Å². The van der Waals surface area contributed by atoms with Gasteiger partial charge in [0.25, 0.3) is 0 Å². The van der Waals surface area contributed by atoms with Gasteiger partial charge in [-0.3, -0.25) is 4.98 Å². The van der Waals surface area contributed by atoms with Crippen LogP contribution in [-0.4, -0.2) is 11.5 Å². The molecule has 0 bridgehead atoms. The molecule has 1 rings (SSSR count). The molecule has 0 saturated carbocycles. The van der Waals surface area contributed by atoms with Crippen LogP contribution in [0.4, 0.5) is 0 Å². The normalized spacial score (nSPS) is 12.6. The van der Waals surface area contributed by atoms with Crippen molar-refractivity contribution in [3.63, 3.8) is 0 Å². The molecule has 3 heteroatoms. The van der Waals surface area contributed by atoms with Crippen LogP contribution < -0.4 is 5.32 Å². The number of hydrogen-bond donors (Lipinski definition) is 1. The van der Waals surface area contributed by atoms with E-state index in [2.05, 4.69) is 24.1 Å². The number of hydrogen-bond acceptors (Lipinski definition) is 2. The first-order valence-electron chi connectivity index (χ1n) is 6.62. The molecule has 2 nitrogen and oxygen atoms in total. The van der Waals surface area contributed by atoms with Crippen LogP contribution in [0.25, 0.3) is 0 Å². The third-order valence-electron chi connectivity index (χ3n) is 2.98. The van der Waals surface area contributed by atoms with E-state index in [4.69, 9.17) is 11.6 Å². The lowest BCUT2D eigenvalue weighted by atomic mass is 10.0. The molecule has 0 saturated heterocycles. The van der Waals surface area contributed by atoms with Crippen molar-refractivity contribution < 1.29 is 0 Å². The van der Waals surface area contributed by atoms with Crippen LogP contribution in [0.5, 0.6) is 0 Å². The van der Waals surface area contributed by atoms with Crippen molar-refractivity contribution in [1.82, 2.24) is 10.3 Å². The monoisotopic (exact) mass is 254 g/mol. The lowest BCUT2D eigenvalue weighted by Crippen LogP contribution is -2.21. The van der Waals surface area contributed by atoms with Gasteiger partial charge in [-0.25, -0.2) is 0 Å². The minimum atomic E-state index is 0.368. The van der Waals surface area contributed by atoms with Crippen molar-refractivity contribution in [3.05, 3.63) is 29.0 Å². The molecule has 1 unspecified atom stereocenters. The highest BCUT2D eigenvalue weighted by Gasteiger charge is 2.12. The van der Waals surface area contributed by atoms with Gasteiger partial charge in [0.15, 0.2) is 0 Å². The first kappa shape index (κ1) is 14.5. The van der Waals surface area contributed by atoms with Crippen LogP contribution in [0.3, 0.4) is 0 Å². The average molecular weight is 255 g/mol. The molecule has 0 radical (unpaired) electrons. The summed E-state index contributed by atoms with van der Waals surface area (Å²) in [6.45, 7) is 5.34. The van der Waals surface area contributed by atoms with Crippen molar-refractivity contribution in [2.24, 2.45) is 0 Å². The summed E-state index contributed by atoms with van der Waals surface area (Å²) < 4.78 is 0. The lowest BCUT2D eigenvalue weighted by Gasteiger charge is -2.19. The fraction of sp³-hybridized carbons (Fsp3) is 0.643. The quantitative estimate of drug-likeness (QED) is 0.698. The topological polar surface area (TPSA) is 24.9 Å². The van der Waals surface area contributed by atoms with E-state index in [-0.39, 0.29) is 0 Å². The van der Waals surface area contributed by atoms with Crippen molar-refractivity contribution in [2.45, 2.75) is 52.0 Å². The third kappa shape index (κ3) is 5.05. The van der Waals surface area contributed by atoms with Crippen molar-refractivity contribution >= 4 is 11.6 Å². The molecule has 1 aromatic rings. The minimum Gasteiger partial charge on any atom is -0.310 e. The predicted octanol–water partition coefficient (Wildman–Crippen LogP) is 4.36. The summed E-state index contributed by atoms with van der Waals surface area (Å²) in [6.07, 6.45) is 9.86. The molecule has 17 heavy (non-hydrogen) atoms. The van der Waals surface area contributed by atoms with Gasteiger partial charge in [-0.15, -0.1) is 0 Å². The van der Waals surface area contributed by atoms with E-state index >= 15 is 0 Å². The molecule has 1 heterocycles. The maximum Gasteiger partial charge on any atom is 0.0637 e. The maximum absolute atomic E-state index is 6.19. The molecule has 1 atom stereocenters.